The molecule has 4 heterocycles. The molecule has 1 saturated heterocycles. The van der Waals surface area contributed by atoms with E-state index in [0.29, 0.717) is 42.3 Å². The lowest BCUT2D eigenvalue weighted by Gasteiger charge is -2.16. The summed E-state index contributed by atoms with van der Waals surface area (Å²) in [6.45, 7) is 0.966. The zero-order chi connectivity index (χ0) is 18.8. The zero-order valence-corrected chi connectivity index (χ0v) is 14.4. The molecule has 8 heteroatoms. The molecule has 1 aliphatic heterocycles. The Morgan fingerprint density at radius 1 is 1.11 bits per heavy atom. The van der Waals surface area contributed by atoms with Gasteiger partial charge in [0.15, 0.2) is 0 Å². The van der Waals surface area contributed by atoms with Crippen LogP contribution in [0.1, 0.15) is 28.5 Å². The highest BCUT2D eigenvalue weighted by atomic mass is 16.2. The standard InChI is InChI=1S/C19H17N5O3/c25-16-9-12(4-7-21-16)19(27)24-8-5-13(11-24)18-22-15(10-17(26)23-18)14-3-1-2-6-20-14/h1-4,6-7,9-10,13H,5,8,11H2,(H,21,25)(H,22,23,26)/t13-/m0/s1. The third kappa shape index (κ3) is 3.55. The number of likely N-dealkylation sites (tertiary alicyclic amines) is 1. The monoisotopic (exact) mass is 363 g/mol. The molecule has 2 N–H and O–H groups in total. The third-order valence-corrected chi connectivity index (χ3v) is 4.57. The topological polar surface area (TPSA) is 112 Å². The van der Waals surface area contributed by atoms with Gasteiger partial charge in [-0.2, -0.15) is 0 Å². The number of nitrogens with zero attached hydrogens (tertiary/aromatic N) is 3. The molecule has 27 heavy (non-hydrogen) atoms. The van der Waals surface area contributed by atoms with Crippen molar-refractivity contribution in [1.82, 2.24) is 24.8 Å². The van der Waals surface area contributed by atoms with E-state index in [1.165, 1.54) is 18.3 Å². The van der Waals surface area contributed by atoms with Crippen LogP contribution in [0, 0.1) is 0 Å². The Hall–Kier alpha value is -3.55. The van der Waals surface area contributed by atoms with Crippen molar-refractivity contribution in [3.63, 3.8) is 0 Å². The molecule has 3 aromatic rings. The average molecular weight is 363 g/mol. The molecule has 3 aromatic heterocycles. The predicted molar refractivity (Wildman–Crippen MR) is 98.4 cm³/mol. The molecule has 0 radical (unpaired) electrons. The first-order valence-corrected chi connectivity index (χ1v) is 8.61. The molecule has 8 nitrogen and oxygen atoms in total. The van der Waals surface area contributed by atoms with Gasteiger partial charge in [-0.25, -0.2) is 4.98 Å². The molecular formula is C19H17N5O3. The first-order valence-electron chi connectivity index (χ1n) is 8.61. The number of aromatic amines is 2. The number of hydrogen-bond donors (Lipinski definition) is 2. The van der Waals surface area contributed by atoms with Crippen LogP contribution >= 0.6 is 0 Å². The molecule has 0 bridgehead atoms. The maximum atomic E-state index is 12.6. The maximum absolute atomic E-state index is 12.6. The van der Waals surface area contributed by atoms with Crippen molar-refractivity contribution in [3.05, 3.63) is 80.9 Å². The molecule has 136 valence electrons. The molecule has 0 unspecified atom stereocenters. The van der Waals surface area contributed by atoms with Gasteiger partial charge in [-0.1, -0.05) is 6.07 Å². The SMILES string of the molecule is O=C(c1cc[nH]c(=O)c1)N1CC[C@H](c2nc(-c3ccccn3)cc(=O)[nH]2)C1. The number of hydrogen-bond acceptors (Lipinski definition) is 5. The minimum Gasteiger partial charge on any atom is -0.338 e. The van der Waals surface area contributed by atoms with Crippen LogP contribution in [-0.4, -0.2) is 43.8 Å². The number of nitrogens with one attached hydrogen (secondary N) is 2. The summed E-state index contributed by atoms with van der Waals surface area (Å²) >= 11 is 0. The predicted octanol–water partition coefficient (Wildman–Crippen LogP) is 1.15. The van der Waals surface area contributed by atoms with Gasteiger partial charge in [0.1, 0.15) is 5.82 Å². The average Bonchev–Trinajstić information content (AvgIpc) is 3.18. The van der Waals surface area contributed by atoms with E-state index < -0.39 is 0 Å². The van der Waals surface area contributed by atoms with Crippen molar-refractivity contribution in [2.45, 2.75) is 12.3 Å². The number of H-pyrrole nitrogens is 2. The van der Waals surface area contributed by atoms with Gasteiger partial charge < -0.3 is 14.9 Å². The summed E-state index contributed by atoms with van der Waals surface area (Å²) in [5.74, 6) is 0.267. The molecule has 0 aromatic carbocycles. The smallest absolute Gasteiger partial charge is 0.254 e. The van der Waals surface area contributed by atoms with Crippen LogP contribution < -0.4 is 11.1 Å². The van der Waals surface area contributed by atoms with Crippen molar-refractivity contribution in [3.8, 4) is 11.4 Å². The van der Waals surface area contributed by atoms with Crippen LogP contribution in [0.25, 0.3) is 11.4 Å². The molecule has 1 fully saturated rings. The molecule has 4 rings (SSSR count). The Morgan fingerprint density at radius 3 is 2.78 bits per heavy atom. The maximum Gasteiger partial charge on any atom is 0.254 e. The summed E-state index contributed by atoms with van der Waals surface area (Å²) in [6.07, 6.45) is 3.79. The Balaban J connectivity index is 1.57. The van der Waals surface area contributed by atoms with E-state index in [-0.39, 0.29) is 22.9 Å². The molecular weight excluding hydrogens is 346 g/mol. The number of carbonyl (C=O) groups excluding carboxylic acids is 1. The number of carbonyl (C=O) groups is 1. The molecule has 1 aliphatic rings. The van der Waals surface area contributed by atoms with Gasteiger partial charge in [0, 0.05) is 49.1 Å². The Labute approximate surface area is 153 Å². The van der Waals surface area contributed by atoms with Crippen LogP contribution in [0.3, 0.4) is 0 Å². The lowest BCUT2D eigenvalue weighted by atomic mass is 10.1. The Morgan fingerprint density at radius 2 is 2.00 bits per heavy atom. The lowest BCUT2D eigenvalue weighted by Crippen LogP contribution is -2.29. The van der Waals surface area contributed by atoms with Gasteiger partial charge in [0.2, 0.25) is 5.56 Å². The number of pyridine rings is 2. The fraction of sp³-hybridized carbons (Fsp3) is 0.211. The van der Waals surface area contributed by atoms with E-state index in [0.717, 1.165) is 0 Å². The normalized spacial score (nSPS) is 16.4. The van der Waals surface area contributed by atoms with E-state index in [1.807, 2.05) is 6.07 Å². The summed E-state index contributed by atoms with van der Waals surface area (Å²) < 4.78 is 0. The first-order chi connectivity index (χ1) is 13.1. The highest BCUT2D eigenvalue weighted by Crippen LogP contribution is 2.26. The molecule has 0 spiro atoms. The summed E-state index contributed by atoms with van der Waals surface area (Å²) in [5.41, 5.74) is 0.918. The minimum absolute atomic E-state index is 0.0766. The van der Waals surface area contributed by atoms with E-state index in [9.17, 15) is 14.4 Å². The molecule has 0 saturated carbocycles. The van der Waals surface area contributed by atoms with Gasteiger partial charge >= 0.3 is 0 Å². The summed E-state index contributed by atoms with van der Waals surface area (Å²) in [7, 11) is 0. The number of amides is 1. The molecule has 0 aliphatic carbocycles. The zero-order valence-electron chi connectivity index (χ0n) is 14.4. The first kappa shape index (κ1) is 16.9. The van der Waals surface area contributed by atoms with E-state index in [2.05, 4.69) is 19.9 Å². The van der Waals surface area contributed by atoms with Gasteiger partial charge in [-0.05, 0) is 24.6 Å². The highest BCUT2D eigenvalue weighted by Gasteiger charge is 2.30. The van der Waals surface area contributed by atoms with Crippen LogP contribution in [0.4, 0.5) is 0 Å². The summed E-state index contributed by atoms with van der Waals surface area (Å²) in [4.78, 5) is 51.8. The van der Waals surface area contributed by atoms with Crippen LogP contribution in [0.2, 0.25) is 0 Å². The Kier molecular flexibility index (Phi) is 4.37. The van der Waals surface area contributed by atoms with E-state index >= 15 is 0 Å². The van der Waals surface area contributed by atoms with Gasteiger partial charge in [-0.3, -0.25) is 19.4 Å². The second-order valence-electron chi connectivity index (χ2n) is 6.41. The van der Waals surface area contributed by atoms with Crippen molar-refractivity contribution in [2.24, 2.45) is 0 Å². The van der Waals surface area contributed by atoms with Crippen molar-refractivity contribution in [2.75, 3.05) is 13.1 Å². The lowest BCUT2D eigenvalue weighted by molar-refractivity contribution is 0.0790. The van der Waals surface area contributed by atoms with Gasteiger partial charge in [-0.15, -0.1) is 0 Å². The summed E-state index contributed by atoms with van der Waals surface area (Å²) in [6, 6.07) is 9.72. The fourth-order valence-electron chi connectivity index (χ4n) is 3.24. The molecule has 1 amide bonds. The van der Waals surface area contributed by atoms with Crippen molar-refractivity contribution in [1.29, 1.82) is 0 Å². The van der Waals surface area contributed by atoms with Crippen molar-refractivity contribution < 1.29 is 4.79 Å². The minimum atomic E-state index is -0.314. The van der Waals surface area contributed by atoms with Crippen LogP contribution in [-0.2, 0) is 0 Å². The molecule has 1 atom stereocenters. The Bertz CT molecular complexity index is 1090. The van der Waals surface area contributed by atoms with E-state index in [1.54, 1.807) is 29.3 Å². The fourth-order valence-corrected chi connectivity index (χ4v) is 3.24. The van der Waals surface area contributed by atoms with Gasteiger partial charge in [0.05, 0.1) is 11.4 Å². The highest BCUT2D eigenvalue weighted by molar-refractivity contribution is 5.94. The van der Waals surface area contributed by atoms with Crippen molar-refractivity contribution >= 4 is 5.91 Å². The van der Waals surface area contributed by atoms with Gasteiger partial charge in [0.25, 0.3) is 11.5 Å². The second kappa shape index (κ2) is 6.99. The summed E-state index contributed by atoms with van der Waals surface area (Å²) in [5, 5.41) is 0. The largest absolute Gasteiger partial charge is 0.338 e. The van der Waals surface area contributed by atoms with Crippen LogP contribution in [0.15, 0.2) is 58.4 Å². The number of aromatic nitrogens is 4. The van der Waals surface area contributed by atoms with E-state index in [4.69, 9.17) is 0 Å². The number of rotatable bonds is 3. The van der Waals surface area contributed by atoms with Crippen LogP contribution in [0.5, 0.6) is 0 Å². The quantitative estimate of drug-likeness (QED) is 0.725. The second-order valence-corrected chi connectivity index (χ2v) is 6.41. The third-order valence-electron chi connectivity index (χ3n) is 4.57.